The minimum absolute atomic E-state index is 0.169. The molecule has 0 unspecified atom stereocenters. The second-order valence-electron chi connectivity index (χ2n) is 4.40. The molecule has 1 amide bonds. The molecule has 1 aromatic carbocycles. The van der Waals surface area contributed by atoms with Crippen LogP contribution < -0.4 is 5.32 Å². The Hall–Kier alpha value is -2.10. The summed E-state index contributed by atoms with van der Waals surface area (Å²) in [5, 5.41) is 6.75. The Bertz CT molecular complexity index is 482. The number of nitrogens with zero attached hydrogens (tertiary/aromatic N) is 1. The van der Waals surface area contributed by atoms with E-state index in [2.05, 4.69) is 17.1 Å². The Morgan fingerprint density at radius 3 is 2.94 bits per heavy atom. The summed E-state index contributed by atoms with van der Waals surface area (Å²) < 4.78 is 0. The van der Waals surface area contributed by atoms with Crippen molar-refractivity contribution in [2.45, 2.75) is 18.9 Å². The Morgan fingerprint density at radius 2 is 2.28 bits per heavy atom. The largest absolute Gasteiger partial charge is 0.379 e. The fraction of sp³-hybridized carbons (Fsp3) is 0.286. The zero-order valence-electron chi connectivity index (χ0n) is 10.3. The third-order valence-electron chi connectivity index (χ3n) is 2.86. The number of hydrogen-bond acceptors (Lipinski definition) is 3. The number of oxime groups is 1. The quantitative estimate of drug-likeness (QED) is 0.822. The SMILES string of the molecule is C=CCNC(=O)[C@]1(C)CC(c2ccccc2)=NO1. The van der Waals surface area contributed by atoms with Crippen LogP contribution in [0.1, 0.15) is 18.9 Å². The molecule has 0 saturated carbocycles. The third kappa shape index (κ3) is 2.42. The fourth-order valence-electron chi connectivity index (χ4n) is 1.80. The molecule has 0 fully saturated rings. The van der Waals surface area contributed by atoms with Crippen molar-refractivity contribution in [3.63, 3.8) is 0 Å². The van der Waals surface area contributed by atoms with Crippen molar-refractivity contribution < 1.29 is 9.63 Å². The molecule has 1 N–H and O–H groups in total. The van der Waals surface area contributed by atoms with Crippen LogP contribution in [0.3, 0.4) is 0 Å². The van der Waals surface area contributed by atoms with Gasteiger partial charge in [0, 0.05) is 13.0 Å². The van der Waals surface area contributed by atoms with E-state index in [1.165, 1.54) is 0 Å². The molecule has 1 atom stereocenters. The van der Waals surface area contributed by atoms with Crippen molar-refractivity contribution in [3.05, 3.63) is 48.6 Å². The van der Waals surface area contributed by atoms with Gasteiger partial charge in [0.15, 0.2) is 0 Å². The van der Waals surface area contributed by atoms with Gasteiger partial charge in [-0.15, -0.1) is 6.58 Å². The molecule has 0 saturated heterocycles. The zero-order chi connectivity index (χ0) is 13.0. The van der Waals surface area contributed by atoms with Crippen LogP contribution in [0, 0.1) is 0 Å². The molecule has 1 aliphatic heterocycles. The first-order valence-electron chi connectivity index (χ1n) is 5.85. The van der Waals surface area contributed by atoms with Crippen LogP contribution in [0.2, 0.25) is 0 Å². The smallest absolute Gasteiger partial charge is 0.267 e. The summed E-state index contributed by atoms with van der Waals surface area (Å²) in [6.07, 6.45) is 2.11. The van der Waals surface area contributed by atoms with Gasteiger partial charge in [-0.2, -0.15) is 0 Å². The van der Waals surface area contributed by atoms with Gasteiger partial charge in [-0.25, -0.2) is 0 Å². The Labute approximate surface area is 106 Å². The van der Waals surface area contributed by atoms with Crippen LogP contribution >= 0.6 is 0 Å². The molecule has 94 valence electrons. The van der Waals surface area contributed by atoms with E-state index >= 15 is 0 Å². The highest BCUT2D eigenvalue weighted by atomic mass is 16.7. The van der Waals surface area contributed by atoms with Gasteiger partial charge in [-0.1, -0.05) is 41.6 Å². The van der Waals surface area contributed by atoms with Crippen molar-refractivity contribution >= 4 is 11.6 Å². The molecule has 0 aliphatic carbocycles. The maximum atomic E-state index is 11.9. The lowest BCUT2D eigenvalue weighted by molar-refractivity contribution is -0.141. The lowest BCUT2D eigenvalue weighted by Crippen LogP contribution is -2.44. The summed E-state index contributed by atoms with van der Waals surface area (Å²) in [6.45, 7) is 5.73. The van der Waals surface area contributed by atoms with Crippen LogP contribution in [0.4, 0.5) is 0 Å². The number of rotatable bonds is 4. The van der Waals surface area contributed by atoms with Gasteiger partial charge >= 0.3 is 0 Å². The molecule has 4 nitrogen and oxygen atoms in total. The first-order chi connectivity index (χ1) is 8.65. The van der Waals surface area contributed by atoms with Crippen molar-refractivity contribution in [2.24, 2.45) is 5.16 Å². The summed E-state index contributed by atoms with van der Waals surface area (Å²) >= 11 is 0. The molecular formula is C14H16N2O2. The number of benzene rings is 1. The third-order valence-corrected chi connectivity index (χ3v) is 2.86. The average Bonchev–Trinajstić information content (AvgIpc) is 2.81. The highest BCUT2D eigenvalue weighted by Crippen LogP contribution is 2.26. The number of carbonyl (C=O) groups excluding carboxylic acids is 1. The average molecular weight is 244 g/mol. The van der Waals surface area contributed by atoms with E-state index in [9.17, 15) is 4.79 Å². The Balaban J connectivity index is 2.06. The van der Waals surface area contributed by atoms with Gasteiger partial charge < -0.3 is 10.2 Å². The minimum atomic E-state index is -0.922. The zero-order valence-corrected chi connectivity index (χ0v) is 10.3. The van der Waals surface area contributed by atoms with Crippen molar-refractivity contribution in [3.8, 4) is 0 Å². The maximum Gasteiger partial charge on any atom is 0.267 e. The summed E-state index contributed by atoms with van der Waals surface area (Å²) in [5.41, 5.74) is 0.860. The molecule has 1 aromatic rings. The topological polar surface area (TPSA) is 50.7 Å². The molecule has 1 aliphatic rings. The number of amides is 1. The standard InChI is InChI=1S/C14H16N2O2/c1-3-9-15-13(17)14(2)10-12(16-18-14)11-7-5-4-6-8-11/h3-8H,1,9-10H2,2H3,(H,15,17)/t14-/m0/s1. The molecule has 2 rings (SSSR count). The molecule has 0 spiro atoms. The van der Waals surface area contributed by atoms with Crippen molar-refractivity contribution in [1.82, 2.24) is 5.32 Å². The molecule has 0 bridgehead atoms. The van der Waals surface area contributed by atoms with Gasteiger partial charge in [-0.05, 0) is 12.5 Å². The van der Waals surface area contributed by atoms with Gasteiger partial charge in [-0.3, -0.25) is 4.79 Å². The van der Waals surface area contributed by atoms with Crippen molar-refractivity contribution in [2.75, 3.05) is 6.54 Å². The van der Waals surface area contributed by atoms with Crippen LogP contribution in [-0.4, -0.2) is 23.8 Å². The van der Waals surface area contributed by atoms with Crippen LogP contribution in [0.15, 0.2) is 48.1 Å². The van der Waals surface area contributed by atoms with Gasteiger partial charge in [0.2, 0.25) is 5.60 Å². The van der Waals surface area contributed by atoms with Gasteiger partial charge in [0.1, 0.15) is 0 Å². The molecule has 1 heterocycles. The number of hydrogen-bond donors (Lipinski definition) is 1. The van der Waals surface area contributed by atoms with E-state index in [0.29, 0.717) is 13.0 Å². The van der Waals surface area contributed by atoms with E-state index in [0.717, 1.165) is 11.3 Å². The van der Waals surface area contributed by atoms with E-state index < -0.39 is 5.60 Å². The normalized spacial score (nSPS) is 21.9. The van der Waals surface area contributed by atoms with E-state index in [1.807, 2.05) is 30.3 Å². The first kappa shape index (κ1) is 12.4. The predicted octanol–water partition coefficient (Wildman–Crippen LogP) is 1.87. The molecule has 0 radical (unpaired) electrons. The van der Waals surface area contributed by atoms with E-state index in [1.54, 1.807) is 13.0 Å². The van der Waals surface area contributed by atoms with Crippen LogP contribution in [0.25, 0.3) is 0 Å². The molecule has 4 heteroatoms. The summed E-state index contributed by atoms with van der Waals surface area (Å²) in [7, 11) is 0. The van der Waals surface area contributed by atoms with Gasteiger partial charge in [0.25, 0.3) is 5.91 Å². The summed E-state index contributed by atoms with van der Waals surface area (Å²) in [5.74, 6) is -0.169. The maximum absolute atomic E-state index is 11.9. The minimum Gasteiger partial charge on any atom is -0.379 e. The van der Waals surface area contributed by atoms with E-state index in [4.69, 9.17) is 4.84 Å². The van der Waals surface area contributed by atoms with Crippen LogP contribution in [0.5, 0.6) is 0 Å². The van der Waals surface area contributed by atoms with Crippen LogP contribution in [-0.2, 0) is 9.63 Å². The second kappa shape index (κ2) is 5.04. The fourth-order valence-corrected chi connectivity index (χ4v) is 1.80. The number of nitrogens with one attached hydrogen (secondary N) is 1. The Morgan fingerprint density at radius 1 is 1.56 bits per heavy atom. The monoisotopic (exact) mass is 244 g/mol. The van der Waals surface area contributed by atoms with Gasteiger partial charge in [0.05, 0.1) is 5.71 Å². The highest BCUT2D eigenvalue weighted by Gasteiger charge is 2.41. The molecule has 0 aromatic heterocycles. The predicted molar refractivity (Wildman–Crippen MR) is 70.3 cm³/mol. The lowest BCUT2D eigenvalue weighted by Gasteiger charge is -2.19. The van der Waals surface area contributed by atoms with Crippen molar-refractivity contribution in [1.29, 1.82) is 0 Å². The number of carbonyl (C=O) groups is 1. The molecule has 18 heavy (non-hydrogen) atoms. The van der Waals surface area contributed by atoms with E-state index in [-0.39, 0.29) is 5.91 Å². The highest BCUT2D eigenvalue weighted by molar-refractivity contribution is 6.05. The lowest BCUT2D eigenvalue weighted by atomic mass is 9.95. The first-order valence-corrected chi connectivity index (χ1v) is 5.85. The second-order valence-corrected chi connectivity index (χ2v) is 4.40. The molecular weight excluding hydrogens is 228 g/mol. The summed E-state index contributed by atoms with van der Waals surface area (Å²) in [6, 6.07) is 9.72. The Kier molecular flexibility index (Phi) is 3.46. The summed E-state index contributed by atoms with van der Waals surface area (Å²) in [4.78, 5) is 17.3.